The normalized spacial score (nSPS) is 21.6. The molecule has 0 aromatic carbocycles. The molecule has 8 nitrogen and oxygen atoms in total. The first-order chi connectivity index (χ1) is 13.8. The number of nitrogens with one attached hydrogen (secondary N) is 2. The number of aryl methyl sites for hydroxylation is 1. The van der Waals surface area contributed by atoms with Crippen molar-refractivity contribution in [2.45, 2.75) is 44.1 Å². The molecule has 2 atom stereocenters. The minimum atomic E-state index is 0.152. The van der Waals surface area contributed by atoms with Crippen molar-refractivity contribution in [3.8, 4) is 11.8 Å². The largest absolute Gasteiger partial charge is 0.478 e. The van der Waals surface area contributed by atoms with Gasteiger partial charge >= 0.3 is 0 Å². The maximum absolute atomic E-state index is 6.11. The molecule has 3 aromatic rings. The summed E-state index contributed by atoms with van der Waals surface area (Å²) in [5.74, 6) is 2.39. The number of hydrogen-bond acceptors (Lipinski definition) is 7. The van der Waals surface area contributed by atoms with Crippen LogP contribution in [-0.4, -0.2) is 38.1 Å². The first kappa shape index (κ1) is 17.0. The molecule has 1 saturated carbocycles. The molecule has 1 aliphatic carbocycles. The third-order valence-electron chi connectivity index (χ3n) is 5.27. The number of hydrogen-bond donors (Lipinski definition) is 2. The zero-order valence-corrected chi connectivity index (χ0v) is 15.5. The van der Waals surface area contributed by atoms with Crippen molar-refractivity contribution < 1.29 is 9.47 Å². The summed E-state index contributed by atoms with van der Waals surface area (Å²) < 4.78 is 11.9. The van der Waals surface area contributed by atoms with Crippen LogP contribution in [0.25, 0.3) is 0 Å². The first-order valence-corrected chi connectivity index (χ1v) is 9.71. The molecule has 1 fully saturated rings. The summed E-state index contributed by atoms with van der Waals surface area (Å²) in [5.41, 5.74) is 3.13. The molecule has 8 bridgehead atoms. The van der Waals surface area contributed by atoms with Crippen LogP contribution in [0.15, 0.2) is 36.7 Å². The average Bonchev–Trinajstić information content (AvgIpc) is 3.35. The summed E-state index contributed by atoms with van der Waals surface area (Å²) >= 11 is 0. The van der Waals surface area contributed by atoms with Gasteiger partial charge in [-0.05, 0) is 43.7 Å². The van der Waals surface area contributed by atoms with Crippen molar-refractivity contribution >= 4 is 11.5 Å². The van der Waals surface area contributed by atoms with Crippen LogP contribution in [0.3, 0.4) is 0 Å². The summed E-state index contributed by atoms with van der Waals surface area (Å²) in [7, 11) is 0. The third-order valence-corrected chi connectivity index (χ3v) is 5.27. The number of H-pyrrole nitrogens is 1. The van der Waals surface area contributed by atoms with Gasteiger partial charge in [-0.1, -0.05) is 0 Å². The molecule has 0 spiro atoms. The number of fused-ring (bicyclic) bond motifs is 9. The Morgan fingerprint density at radius 1 is 1.11 bits per heavy atom. The topological polar surface area (TPSA) is 97.8 Å². The van der Waals surface area contributed by atoms with Gasteiger partial charge < -0.3 is 14.8 Å². The zero-order valence-electron chi connectivity index (χ0n) is 15.5. The Balaban J connectivity index is 1.42. The molecule has 0 saturated heterocycles. The Hall–Kier alpha value is -3.16. The predicted molar refractivity (Wildman–Crippen MR) is 103 cm³/mol. The third kappa shape index (κ3) is 3.76. The minimum absolute atomic E-state index is 0.152. The summed E-state index contributed by atoms with van der Waals surface area (Å²) in [5, 5.41) is 19.1. The van der Waals surface area contributed by atoms with E-state index in [1.807, 2.05) is 18.2 Å². The molecule has 28 heavy (non-hydrogen) atoms. The second-order valence-corrected chi connectivity index (χ2v) is 7.32. The van der Waals surface area contributed by atoms with Crippen LogP contribution >= 0.6 is 0 Å². The van der Waals surface area contributed by atoms with E-state index in [0.717, 1.165) is 54.9 Å². The van der Waals surface area contributed by atoms with Gasteiger partial charge in [-0.2, -0.15) is 10.2 Å². The van der Waals surface area contributed by atoms with Crippen LogP contribution in [0.5, 0.6) is 11.8 Å². The van der Waals surface area contributed by atoms with E-state index >= 15 is 0 Å². The van der Waals surface area contributed by atoms with Gasteiger partial charge in [0.25, 0.3) is 0 Å². The molecule has 4 heterocycles. The maximum Gasteiger partial charge on any atom is 0.233 e. The molecule has 5 rings (SSSR count). The Morgan fingerprint density at radius 2 is 2.11 bits per heavy atom. The van der Waals surface area contributed by atoms with Gasteiger partial charge in [0.15, 0.2) is 5.82 Å². The van der Waals surface area contributed by atoms with E-state index in [1.54, 1.807) is 12.4 Å². The number of nitrogens with zero attached hydrogens (tertiary/aromatic N) is 4. The Kier molecular flexibility index (Phi) is 4.52. The Bertz CT molecular complexity index is 959. The van der Waals surface area contributed by atoms with E-state index in [1.165, 1.54) is 0 Å². The highest BCUT2D eigenvalue weighted by Gasteiger charge is 2.29. The lowest BCUT2D eigenvalue weighted by atomic mass is 10.0. The highest BCUT2D eigenvalue weighted by atomic mass is 16.5. The van der Waals surface area contributed by atoms with E-state index in [-0.39, 0.29) is 6.10 Å². The molecule has 144 valence electrons. The minimum Gasteiger partial charge on any atom is -0.478 e. The second-order valence-electron chi connectivity index (χ2n) is 7.32. The Labute approximate surface area is 162 Å². The lowest BCUT2D eigenvalue weighted by molar-refractivity contribution is 0.197. The van der Waals surface area contributed by atoms with Crippen molar-refractivity contribution in [1.82, 2.24) is 25.4 Å². The molecular weight excluding hydrogens is 356 g/mol. The van der Waals surface area contributed by atoms with Gasteiger partial charge in [-0.3, -0.25) is 5.10 Å². The van der Waals surface area contributed by atoms with Crippen molar-refractivity contribution in [2.75, 3.05) is 11.9 Å². The summed E-state index contributed by atoms with van der Waals surface area (Å²) in [4.78, 5) is 4.28. The van der Waals surface area contributed by atoms with Crippen LogP contribution in [0.4, 0.5) is 11.5 Å². The van der Waals surface area contributed by atoms with Gasteiger partial charge in [0, 0.05) is 41.7 Å². The molecule has 2 aliphatic rings. The molecule has 8 heteroatoms. The van der Waals surface area contributed by atoms with Gasteiger partial charge in [-0.15, -0.1) is 5.10 Å². The smallest absolute Gasteiger partial charge is 0.233 e. The lowest BCUT2D eigenvalue weighted by Crippen LogP contribution is -2.13. The van der Waals surface area contributed by atoms with Gasteiger partial charge in [-0.25, -0.2) is 4.98 Å². The molecular formula is C20H22N6O2. The monoisotopic (exact) mass is 378 g/mol. The van der Waals surface area contributed by atoms with Crippen molar-refractivity contribution in [2.24, 2.45) is 0 Å². The zero-order chi connectivity index (χ0) is 18.8. The van der Waals surface area contributed by atoms with Crippen LogP contribution in [0.2, 0.25) is 0 Å². The van der Waals surface area contributed by atoms with Crippen molar-refractivity contribution in [3.05, 3.63) is 47.9 Å². The van der Waals surface area contributed by atoms with E-state index < -0.39 is 0 Å². The average molecular weight is 378 g/mol. The van der Waals surface area contributed by atoms with Crippen LogP contribution in [0.1, 0.15) is 42.9 Å². The number of ether oxygens (including phenoxy) is 2. The summed E-state index contributed by atoms with van der Waals surface area (Å²) in [6.07, 6.45) is 8.40. The second kappa shape index (κ2) is 7.46. The molecule has 0 unspecified atom stereocenters. The van der Waals surface area contributed by atoms with Crippen molar-refractivity contribution in [1.29, 1.82) is 0 Å². The highest BCUT2D eigenvalue weighted by molar-refractivity contribution is 5.57. The maximum atomic E-state index is 6.11. The number of anilines is 2. The molecule has 0 amide bonds. The van der Waals surface area contributed by atoms with Gasteiger partial charge in [0.05, 0.1) is 12.8 Å². The number of pyridine rings is 1. The van der Waals surface area contributed by atoms with Crippen LogP contribution in [-0.2, 0) is 6.42 Å². The molecule has 3 aromatic heterocycles. The standard InChI is InChI=1S/C20H22N6O2/c1-2-13-8-20(26-22-12-13)28-16-4-3-14(9-16)17-11-18(25-24-17)23-15-5-6-21-19(10-15)27-7-1/h5-6,8,10-12,14,16H,1-4,7,9H2,(H2,23,24,25)/t14-,16+/m0/s1. The number of aromatic amines is 1. The highest BCUT2D eigenvalue weighted by Crippen LogP contribution is 2.36. The quantitative estimate of drug-likeness (QED) is 0.619. The number of rotatable bonds is 0. The summed E-state index contributed by atoms with van der Waals surface area (Å²) in [6.45, 7) is 0.575. The fourth-order valence-corrected chi connectivity index (χ4v) is 3.86. The van der Waals surface area contributed by atoms with E-state index in [4.69, 9.17) is 9.47 Å². The predicted octanol–water partition coefficient (Wildman–Crippen LogP) is 3.38. The number of aromatic nitrogens is 5. The fourth-order valence-electron chi connectivity index (χ4n) is 3.86. The molecule has 1 aliphatic heterocycles. The van der Waals surface area contributed by atoms with Crippen molar-refractivity contribution in [3.63, 3.8) is 0 Å². The van der Waals surface area contributed by atoms with Gasteiger partial charge in [0.2, 0.25) is 11.8 Å². The molecule has 2 N–H and O–H groups in total. The lowest BCUT2D eigenvalue weighted by Gasteiger charge is -2.13. The van der Waals surface area contributed by atoms with E-state index in [0.29, 0.717) is 24.3 Å². The van der Waals surface area contributed by atoms with Crippen LogP contribution in [0, 0.1) is 0 Å². The summed E-state index contributed by atoms with van der Waals surface area (Å²) in [6, 6.07) is 7.85. The van der Waals surface area contributed by atoms with E-state index in [9.17, 15) is 0 Å². The first-order valence-electron chi connectivity index (χ1n) is 9.71. The van der Waals surface area contributed by atoms with E-state index in [2.05, 4.69) is 36.8 Å². The van der Waals surface area contributed by atoms with Gasteiger partial charge in [0.1, 0.15) is 6.10 Å². The fraction of sp³-hybridized carbons (Fsp3) is 0.400. The Morgan fingerprint density at radius 3 is 3.11 bits per heavy atom. The molecule has 0 radical (unpaired) electrons. The van der Waals surface area contributed by atoms with Crippen LogP contribution < -0.4 is 14.8 Å². The SMILES string of the molecule is c1cc2cc(n1)OCCCc1cnnc(c1)O[C@@H]1CC[C@@H](C1)c1cc(n[nH]1)N2.